The zero-order chi connectivity index (χ0) is 13.9. The summed E-state index contributed by atoms with van der Waals surface area (Å²) in [5, 5.41) is 9.02. The second-order valence-electron chi connectivity index (χ2n) is 5.81. The van der Waals surface area contributed by atoms with E-state index in [4.69, 9.17) is 23.1 Å². The Hall–Kier alpha value is -0.680. The van der Waals surface area contributed by atoms with E-state index in [1.807, 2.05) is 4.90 Å². The second-order valence-corrected chi connectivity index (χ2v) is 6.25. The van der Waals surface area contributed by atoms with Crippen LogP contribution in [0.3, 0.4) is 0 Å². The summed E-state index contributed by atoms with van der Waals surface area (Å²) in [5.74, 6) is 0.121. The molecule has 2 rings (SSSR count). The molecule has 0 aromatic carbocycles. The third-order valence-electron chi connectivity index (χ3n) is 4.67. The van der Waals surface area contributed by atoms with Crippen molar-refractivity contribution in [2.24, 2.45) is 11.1 Å². The van der Waals surface area contributed by atoms with E-state index >= 15 is 0 Å². The lowest BCUT2D eigenvalue weighted by Gasteiger charge is -2.42. The molecule has 0 radical (unpaired) electrons. The summed E-state index contributed by atoms with van der Waals surface area (Å²) in [6, 6.07) is 0.339. The van der Waals surface area contributed by atoms with Crippen LogP contribution < -0.4 is 5.73 Å². The predicted molar refractivity (Wildman–Crippen MR) is 78.7 cm³/mol. The minimum Gasteiger partial charge on any atom is -0.396 e. The Balaban J connectivity index is 2.14. The van der Waals surface area contributed by atoms with Crippen LogP contribution in [0.1, 0.15) is 51.4 Å². The van der Waals surface area contributed by atoms with Crippen LogP contribution in [0.25, 0.3) is 0 Å². The van der Waals surface area contributed by atoms with Crippen LogP contribution in [-0.2, 0) is 4.79 Å². The first-order chi connectivity index (χ1) is 9.12. The Morgan fingerprint density at radius 2 is 1.95 bits per heavy atom. The lowest BCUT2D eigenvalue weighted by atomic mass is 9.82. The first kappa shape index (κ1) is 14.7. The number of hydrogen-bond acceptors (Lipinski definition) is 3. The van der Waals surface area contributed by atoms with E-state index in [1.165, 1.54) is 6.42 Å². The molecule has 0 bridgehead atoms. The van der Waals surface area contributed by atoms with E-state index in [0.717, 1.165) is 38.5 Å². The Morgan fingerprint density at radius 3 is 2.37 bits per heavy atom. The zero-order valence-electron chi connectivity index (χ0n) is 11.4. The van der Waals surface area contributed by atoms with Gasteiger partial charge in [0, 0.05) is 19.2 Å². The van der Waals surface area contributed by atoms with Crippen LogP contribution in [0, 0.1) is 5.41 Å². The molecular weight excluding hydrogens is 260 g/mol. The molecular formula is C14H24N2O2S. The number of nitrogens with two attached hydrogens (primary N) is 1. The summed E-state index contributed by atoms with van der Waals surface area (Å²) in [6.07, 6.45) is 7.62. The van der Waals surface area contributed by atoms with Gasteiger partial charge in [-0.1, -0.05) is 25.1 Å². The topological polar surface area (TPSA) is 66.6 Å². The summed E-state index contributed by atoms with van der Waals surface area (Å²) in [6.45, 7) is 0.751. The first-order valence-electron chi connectivity index (χ1n) is 7.33. The van der Waals surface area contributed by atoms with Gasteiger partial charge in [-0.15, -0.1) is 0 Å². The molecule has 0 aliphatic heterocycles. The lowest BCUT2D eigenvalue weighted by Crippen LogP contribution is -2.54. The SMILES string of the molecule is NC(=S)C1(C(=O)N(CCCO)C2CCC2)CCCC1. The molecule has 2 fully saturated rings. The van der Waals surface area contributed by atoms with Gasteiger partial charge in [0.2, 0.25) is 5.91 Å². The highest BCUT2D eigenvalue weighted by atomic mass is 32.1. The van der Waals surface area contributed by atoms with Crippen molar-refractivity contribution in [1.29, 1.82) is 0 Å². The Kier molecular flexibility index (Phi) is 4.79. The van der Waals surface area contributed by atoms with Gasteiger partial charge in [-0.2, -0.15) is 0 Å². The van der Waals surface area contributed by atoms with Crippen LogP contribution >= 0.6 is 12.2 Å². The number of rotatable bonds is 6. The van der Waals surface area contributed by atoms with Crippen molar-refractivity contribution in [3.8, 4) is 0 Å². The molecule has 2 aliphatic rings. The van der Waals surface area contributed by atoms with E-state index in [9.17, 15) is 4.79 Å². The van der Waals surface area contributed by atoms with Crippen molar-refractivity contribution in [2.75, 3.05) is 13.2 Å². The zero-order valence-corrected chi connectivity index (χ0v) is 12.3. The summed E-state index contributed by atoms with van der Waals surface area (Å²) in [7, 11) is 0. The molecule has 19 heavy (non-hydrogen) atoms. The molecule has 108 valence electrons. The molecule has 4 nitrogen and oxygen atoms in total. The maximum Gasteiger partial charge on any atom is 0.235 e. The van der Waals surface area contributed by atoms with Crippen LogP contribution in [0.4, 0.5) is 0 Å². The van der Waals surface area contributed by atoms with Crippen molar-refractivity contribution in [3.63, 3.8) is 0 Å². The van der Waals surface area contributed by atoms with E-state index in [1.54, 1.807) is 0 Å². The normalized spacial score (nSPS) is 21.9. The molecule has 3 N–H and O–H groups in total. The minimum atomic E-state index is -0.597. The van der Waals surface area contributed by atoms with Gasteiger partial charge < -0.3 is 15.7 Å². The number of carbonyl (C=O) groups excluding carboxylic acids is 1. The van der Waals surface area contributed by atoms with Gasteiger partial charge in [-0.3, -0.25) is 4.79 Å². The largest absolute Gasteiger partial charge is 0.396 e. The lowest BCUT2D eigenvalue weighted by molar-refractivity contribution is -0.142. The van der Waals surface area contributed by atoms with E-state index in [2.05, 4.69) is 0 Å². The van der Waals surface area contributed by atoms with E-state index < -0.39 is 5.41 Å². The highest BCUT2D eigenvalue weighted by Gasteiger charge is 2.47. The van der Waals surface area contributed by atoms with Crippen LogP contribution in [0.5, 0.6) is 0 Å². The summed E-state index contributed by atoms with van der Waals surface area (Å²) in [5.41, 5.74) is 5.30. The number of nitrogens with zero attached hydrogens (tertiary/aromatic N) is 1. The van der Waals surface area contributed by atoms with Crippen LogP contribution in [-0.4, -0.2) is 40.1 Å². The van der Waals surface area contributed by atoms with Crippen LogP contribution in [0.15, 0.2) is 0 Å². The molecule has 0 heterocycles. The fraction of sp³-hybridized carbons (Fsp3) is 0.857. The molecule has 0 atom stereocenters. The fourth-order valence-corrected chi connectivity index (χ4v) is 3.50. The second kappa shape index (κ2) is 6.18. The van der Waals surface area contributed by atoms with E-state index in [0.29, 0.717) is 24.0 Å². The van der Waals surface area contributed by atoms with Crippen molar-refractivity contribution in [1.82, 2.24) is 4.90 Å². The van der Waals surface area contributed by atoms with E-state index in [-0.39, 0.29) is 12.5 Å². The fourth-order valence-electron chi connectivity index (χ4n) is 3.21. The van der Waals surface area contributed by atoms with Gasteiger partial charge in [-0.25, -0.2) is 0 Å². The van der Waals surface area contributed by atoms with Crippen molar-refractivity contribution < 1.29 is 9.90 Å². The standard InChI is InChI=1S/C14H24N2O2S/c15-12(19)14(7-1-2-8-14)13(18)16(9-4-10-17)11-5-3-6-11/h11,17H,1-10H2,(H2,15,19). The average Bonchev–Trinajstić information content (AvgIpc) is 2.81. The highest BCUT2D eigenvalue weighted by molar-refractivity contribution is 7.80. The van der Waals surface area contributed by atoms with Gasteiger partial charge >= 0.3 is 0 Å². The molecule has 5 heteroatoms. The molecule has 0 aromatic rings. The molecule has 1 amide bonds. The van der Waals surface area contributed by atoms with Crippen LogP contribution in [0.2, 0.25) is 0 Å². The van der Waals surface area contributed by atoms with Gasteiger partial charge in [0.05, 0.1) is 10.4 Å². The Labute approximate surface area is 120 Å². The number of hydrogen-bond donors (Lipinski definition) is 2. The summed E-state index contributed by atoms with van der Waals surface area (Å²) in [4.78, 5) is 15.2. The molecule has 2 saturated carbocycles. The number of thiocarbonyl (C=S) groups is 1. The molecule has 0 spiro atoms. The van der Waals surface area contributed by atoms with Gasteiger partial charge in [0.1, 0.15) is 0 Å². The quantitative estimate of drug-likeness (QED) is 0.727. The molecule has 0 saturated heterocycles. The third-order valence-corrected chi connectivity index (χ3v) is 5.06. The van der Waals surface area contributed by atoms with Gasteiger partial charge in [0.25, 0.3) is 0 Å². The van der Waals surface area contributed by atoms with Crippen molar-refractivity contribution in [3.05, 3.63) is 0 Å². The smallest absolute Gasteiger partial charge is 0.235 e. The highest BCUT2D eigenvalue weighted by Crippen LogP contribution is 2.41. The summed E-state index contributed by atoms with van der Waals surface area (Å²) < 4.78 is 0. The predicted octanol–water partition coefficient (Wildman–Crippen LogP) is 1.60. The minimum absolute atomic E-state index is 0.121. The Bertz CT molecular complexity index is 349. The monoisotopic (exact) mass is 284 g/mol. The maximum atomic E-state index is 12.9. The molecule has 2 aliphatic carbocycles. The third kappa shape index (κ3) is 2.77. The van der Waals surface area contributed by atoms with Crippen molar-refractivity contribution in [2.45, 2.75) is 57.4 Å². The average molecular weight is 284 g/mol. The first-order valence-corrected chi connectivity index (χ1v) is 7.74. The number of amides is 1. The molecule has 0 aromatic heterocycles. The summed E-state index contributed by atoms with van der Waals surface area (Å²) >= 11 is 5.20. The number of carbonyl (C=O) groups is 1. The maximum absolute atomic E-state index is 12.9. The van der Waals surface area contributed by atoms with Gasteiger partial charge in [-0.05, 0) is 38.5 Å². The van der Waals surface area contributed by atoms with Crippen molar-refractivity contribution >= 4 is 23.1 Å². The molecule has 0 unspecified atom stereocenters. The van der Waals surface area contributed by atoms with Gasteiger partial charge in [0.15, 0.2) is 0 Å². The Morgan fingerprint density at radius 1 is 1.32 bits per heavy atom. The number of aliphatic hydroxyl groups excluding tert-OH is 1. The number of aliphatic hydroxyl groups is 1.